The first-order valence-corrected chi connectivity index (χ1v) is 16.8. The molecular weight excluding hydrogens is 728 g/mol. The lowest BCUT2D eigenvalue weighted by Crippen LogP contribution is -2.64. The molecule has 0 spiro atoms. The zero-order valence-corrected chi connectivity index (χ0v) is 28.8. The number of fused-ring (bicyclic) bond motifs is 1. The molecule has 0 amide bonds. The highest BCUT2D eigenvalue weighted by Crippen LogP contribution is 2.41. The van der Waals surface area contributed by atoms with E-state index in [1.54, 1.807) is 0 Å². The number of benzene rings is 2. The van der Waals surface area contributed by atoms with Crippen molar-refractivity contribution in [2.45, 2.75) is 106 Å². The van der Waals surface area contributed by atoms with Crippen molar-refractivity contribution in [2.24, 2.45) is 0 Å². The summed E-state index contributed by atoms with van der Waals surface area (Å²) in [6.07, 6.45) is -24.4. The molecule has 3 fully saturated rings. The molecule has 2 aromatic carbocycles. The molecule has 11 N–H and O–H groups in total. The Hall–Kier alpha value is -3.87. The fraction of sp³-hybridized carbons (Fsp3) is 0.559. The highest BCUT2D eigenvalue weighted by molar-refractivity contribution is 5.88. The molecule has 3 saturated heterocycles. The van der Waals surface area contributed by atoms with Gasteiger partial charge in [0.2, 0.25) is 23.8 Å². The maximum atomic E-state index is 14.3. The van der Waals surface area contributed by atoms with Crippen molar-refractivity contribution >= 4 is 11.0 Å². The molecule has 6 rings (SSSR count). The fourth-order valence-electron chi connectivity index (χ4n) is 6.38. The molecule has 20 heteroatoms. The zero-order valence-electron chi connectivity index (χ0n) is 28.8. The Morgan fingerprint density at radius 3 is 1.98 bits per heavy atom. The van der Waals surface area contributed by atoms with Crippen LogP contribution < -0.4 is 19.6 Å². The van der Waals surface area contributed by atoms with Crippen LogP contribution in [-0.4, -0.2) is 162 Å². The summed E-state index contributed by atoms with van der Waals surface area (Å²) in [5.41, 5.74) is -1.30. The highest BCUT2D eigenvalue weighted by atomic mass is 16.8. The van der Waals surface area contributed by atoms with E-state index in [-0.39, 0.29) is 34.2 Å². The van der Waals surface area contributed by atoms with Crippen molar-refractivity contribution in [2.75, 3.05) is 13.7 Å². The molecule has 3 aromatic rings. The number of phenolic OH excluding ortho intramolecular Hbond substituents is 2. The quantitative estimate of drug-likeness (QED) is 0.104. The highest BCUT2D eigenvalue weighted by Gasteiger charge is 2.51. The van der Waals surface area contributed by atoms with Crippen LogP contribution in [-0.2, 0) is 18.9 Å². The molecule has 0 bridgehead atoms. The predicted octanol–water partition coefficient (Wildman–Crippen LogP) is -2.88. The van der Waals surface area contributed by atoms with Crippen molar-refractivity contribution in [3.05, 3.63) is 40.6 Å². The van der Waals surface area contributed by atoms with E-state index in [9.17, 15) is 61.0 Å². The van der Waals surface area contributed by atoms with Crippen molar-refractivity contribution in [3.63, 3.8) is 0 Å². The van der Waals surface area contributed by atoms with E-state index >= 15 is 0 Å². The Morgan fingerprint density at radius 1 is 0.685 bits per heavy atom. The van der Waals surface area contributed by atoms with Crippen LogP contribution >= 0.6 is 0 Å². The van der Waals surface area contributed by atoms with Crippen molar-refractivity contribution < 1.29 is 93.7 Å². The summed E-state index contributed by atoms with van der Waals surface area (Å²) in [4.78, 5) is 14.3. The number of aromatic hydroxyl groups is 2. The molecule has 54 heavy (non-hydrogen) atoms. The number of methoxy groups -OCH3 is 1. The average Bonchev–Trinajstić information content (AvgIpc) is 3.14. The number of hydrogen-bond donors (Lipinski definition) is 11. The number of ether oxygens (including phenoxy) is 7. The van der Waals surface area contributed by atoms with Crippen LogP contribution in [0.2, 0.25) is 0 Å². The standard InChI is InChI=1S/C34H42O20/c1-10-20(38)24(42)27(45)32(48-10)50-13-7-15(37)19-17(8-13)51-29(12-4-5-14(36)16(6-12)47-3)30(23(19)41)53-34-31(26(44)21(39)11(2)49-34)54-33-28(46)25(43)22(40)18(9-35)52-33/h4-8,10-11,18,20-22,24-28,31-40,42-46H,9H2,1-3H3. The van der Waals surface area contributed by atoms with Crippen molar-refractivity contribution in [1.82, 2.24) is 0 Å². The molecule has 0 aliphatic carbocycles. The third-order valence-electron chi connectivity index (χ3n) is 9.57. The van der Waals surface area contributed by atoms with E-state index in [0.29, 0.717) is 0 Å². The molecule has 3 aliphatic rings. The average molecular weight is 771 g/mol. The molecule has 4 heterocycles. The van der Waals surface area contributed by atoms with Crippen LogP contribution in [0.4, 0.5) is 0 Å². The molecule has 1 aromatic heterocycles. The third-order valence-corrected chi connectivity index (χ3v) is 9.57. The van der Waals surface area contributed by atoms with Crippen molar-refractivity contribution in [3.8, 4) is 40.1 Å². The molecule has 0 saturated carbocycles. The van der Waals surface area contributed by atoms with Crippen LogP contribution in [0.15, 0.2) is 39.5 Å². The first-order chi connectivity index (χ1) is 25.6. The number of aliphatic hydroxyl groups is 9. The Morgan fingerprint density at radius 2 is 1.31 bits per heavy atom. The van der Waals surface area contributed by atoms with Gasteiger partial charge in [-0.3, -0.25) is 4.79 Å². The largest absolute Gasteiger partial charge is 0.507 e. The van der Waals surface area contributed by atoms with Crippen molar-refractivity contribution in [1.29, 1.82) is 0 Å². The third kappa shape index (κ3) is 7.29. The van der Waals surface area contributed by atoms with E-state index in [4.69, 9.17) is 37.6 Å². The summed E-state index contributed by atoms with van der Waals surface area (Å²) in [5, 5.41) is 114. The topological polar surface area (TPSA) is 317 Å². The Bertz CT molecular complexity index is 1850. The lowest BCUT2D eigenvalue weighted by Gasteiger charge is -2.45. The van der Waals surface area contributed by atoms with E-state index in [1.165, 1.54) is 39.2 Å². The van der Waals surface area contributed by atoms with Crippen LogP contribution in [0.3, 0.4) is 0 Å². The van der Waals surface area contributed by atoms with Crippen LogP contribution in [0, 0.1) is 0 Å². The van der Waals surface area contributed by atoms with E-state index in [0.717, 1.165) is 12.1 Å². The van der Waals surface area contributed by atoms with E-state index in [1.807, 2.05) is 0 Å². The minimum atomic E-state index is -1.94. The number of phenols is 2. The summed E-state index contributed by atoms with van der Waals surface area (Å²) in [5.74, 6) is -2.32. The number of rotatable bonds is 9. The second kappa shape index (κ2) is 15.7. The van der Waals surface area contributed by atoms with Gasteiger partial charge in [-0.15, -0.1) is 0 Å². The Kier molecular flexibility index (Phi) is 11.6. The van der Waals surface area contributed by atoms with Gasteiger partial charge in [-0.05, 0) is 32.0 Å². The molecule has 0 radical (unpaired) electrons. The maximum Gasteiger partial charge on any atom is 0.239 e. The smallest absolute Gasteiger partial charge is 0.239 e. The Balaban J connectivity index is 1.43. The first kappa shape index (κ1) is 39.8. The molecule has 298 valence electrons. The van der Waals surface area contributed by atoms with Gasteiger partial charge in [0.1, 0.15) is 77.4 Å². The van der Waals surface area contributed by atoms with Gasteiger partial charge in [0.15, 0.2) is 29.7 Å². The number of hydrogen-bond acceptors (Lipinski definition) is 20. The van der Waals surface area contributed by atoms with Gasteiger partial charge in [-0.25, -0.2) is 0 Å². The van der Waals surface area contributed by atoms with Gasteiger partial charge < -0.3 is 93.7 Å². The van der Waals surface area contributed by atoms with Crippen LogP contribution in [0.25, 0.3) is 22.3 Å². The summed E-state index contributed by atoms with van der Waals surface area (Å²) in [6.45, 7) is 1.99. The van der Waals surface area contributed by atoms with Gasteiger partial charge >= 0.3 is 0 Å². The summed E-state index contributed by atoms with van der Waals surface area (Å²) >= 11 is 0. The summed E-state index contributed by atoms with van der Waals surface area (Å²) in [7, 11) is 1.26. The SMILES string of the molecule is COc1cc(-c2oc3cc(OC4OC(C)C(O)C(O)C4O)cc(O)c3c(=O)c2OC2OC(C)C(O)C(O)C2OC2OC(CO)C(O)C(O)C2O)ccc1O. The second-order valence-electron chi connectivity index (χ2n) is 13.2. The van der Waals surface area contributed by atoms with Crippen LogP contribution in [0.1, 0.15) is 13.8 Å². The summed E-state index contributed by atoms with van der Waals surface area (Å²) < 4.78 is 45.5. The molecule has 15 unspecified atom stereocenters. The molecule has 3 aliphatic heterocycles. The minimum absolute atomic E-state index is 0.0530. The van der Waals surface area contributed by atoms with Crippen LogP contribution in [0.5, 0.6) is 28.7 Å². The van der Waals surface area contributed by atoms with Gasteiger partial charge in [-0.1, -0.05) is 0 Å². The minimum Gasteiger partial charge on any atom is -0.507 e. The monoisotopic (exact) mass is 770 g/mol. The number of aliphatic hydroxyl groups excluding tert-OH is 9. The fourth-order valence-corrected chi connectivity index (χ4v) is 6.38. The maximum absolute atomic E-state index is 14.3. The predicted molar refractivity (Wildman–Crippen MR) is 176 cm³/mol. The Labute approximate surface area is 305 Å². The van der Waals surface area contributed by atoms with Gasteiger partial charge in [0.25, 0.3) is 0 Å². The van der Waals surface area contributed by atoms with Gasteiger partial charge in [0, 0.05) is 17.7 Å². The van der Waals surface area contributed by atoms with E-state index < -0.39 is 121 Å². The van der Waals surface area contributed by atoms with Gasteiger partial charge in [-0.2, -0.15) is 0 Å². The second-order valence-corrected chi connectivity index (χ2v) is 13.2. The lowest BCUT2D eigenvalue weighted by molar-refractivity contribution is -0.355. The summed E-state index contributed by atoms with van der Waals surface area (Å²) in [6, 6.07) is 5.95. The zero-order chi connectivity index (χ0) is 39.3. The van der Waals surface area contributed by atoms with Gasteiger partial charge in [0.05, 0.1) is 25.9 Å². The first-order valence-electron chi connectivity index (χ1n) is 16.8. The molecule has 15 atom stereocenters. The normalized spacial score (nSPS) is 37.2. The lowest BCUT2D eigenvalue weighted by atomic mass is 9.97. The van der Waals surface area contributed by atoms with E-state index in [2.05, 4.69) is 0 Å². The molecule has 20 nitrogen and oxygen atoms in total. The molecular formula is C34H42O20.